The maximum absolute atomic E-state index is 12.9. The lowest BCUT2D eigenvalue weighted by Gasteiger charge is -2.19. The van der Waals surface area contributed by atoms with Crippen molar-refractivity contribution in [2.75, 3.05) is 13.1 Å². The van der Waals surface area contributed by atoms with E-state index in [4.69, 9.17) is 0 Å². The summed E-state index contributed by atoms with van der Waals surface area (Å²) in [5.41, 5.74) is 4.05. The molecule has 154 valence electrons. The number of benzene rings is 2. The molecule has 0 spiro atoms. The lowest BCUT2D eigenvalue weighted by molar-refractivity contribution is 0.112. The zero-order valence-corrected chi connectivity index (χ0v) is 18.4. The fraction of sp³-hybridized carbons (Fsp3) is 0.348. The summed E-state index contributed by atoms with van der Waals surface area (Å²) >= 11 is 0. The first kappa shape index (κ1) is 21.3. The number of carbonyl (C=O) groups excluding carboxylic acids is 1. The van der Waals surface area contributed by atoms with E-state index in [-0.39, 0.29) is 10.3 Å². The molecule has 0 bridgehead atoms. The summed E-state index contributed by atoms with van der Waals surface area (Å²) in [5, 5.41) is 0.614. The minimum absolute atomic E-state index is 0.0418. The van der Waals surface area contributed by atoms with Gasteiger partial charge in [-0.05, 0) is 34.7 Å². The zero-order valence-electron chi connectivity index (χ0n) is 17.6. The van der Waals surface area contributed by atoms with E-state index in [2.05, 4.69) is 37.9 Å². The predicted molar refractivity (Wildman–Crippen MR) is 118 cm³/mol. The Morgan fingerprint density at radius 1 is 1.00 bits per heavy atom. The summed E-state index contributed by atoms with van der Waals surface area (Å²) in [4.78, 5) is 15.4. The molecule has 0 saturated carbocycles. The number of hydrogen-bond acceptors (Lipinski definition) is 3. The zero-order chi connectivity index (χ0) is 21.4. The topological polar surface area (TPSA) is 70.2 Å². The van der Waals surface area contributed by atoms with Gasteiger partial charge in [0.05, 0.1) is 10.6 Å². The largest absolute Gasteiger partial charge is 0.354 e. The highest BCUT2D eigenvalue weighted by Crippen LogP contribution is 2.32. The molecule has 2 aromatic carbocycles. The second-order valence-electron chi connectivity index (χ2n) is 8.16. The summed E-state index contributed by atoms with van der Waals surface area (Å²) in [6.07, 6.45) is 0.791. The highest BCUT2D eigenvalue weighted by atomic mass is 32.2. The molecule has 0 aliphatic carbocycles. The molecule has 0 fully saturated rings. The number of sulfonamides is 1. The van der Waals surface area contributed by atoms with Gasteiger partial charge >= 0.3 is 0 Å². The average molecular weight is 413 g/mol. The Kier molecular flexibility index (Phi) is 5.70. The monoisotopic (exact) mass is 412 g/mol. The third-order valence-corrected chi connectivity index (χ3v) is 7.36. The van der Waals surface area contributed by atoms with Gasteiger partial charge in [-0.25, -0.2) is 8.42 Å². The van der Waals surface area contributed by atoms with Crippen LogP contribution in [0.5, 0.6) is 0 Å². The molecular formula is C23H28N2O3S. The molecule has 0 radical (unpaired) electrons. The van der Waals surface area contributed by atoms with Gasteiger partial charge in [0.2, 0.25) is 10.0 Å². The van der Waals surface area contributed by atoms with Crippen LogP contribution in [0.25, 0.3) is 22.2 Å². The molecule has 1 N–H and O–H groups in total. The van der Waals surface area contributed by atoms with Crippen LogP contribution in [0.4, 0.5) is 0 Å². The van der Waals surface area contributed by atoms with E-state index in [0.29, 0.717) is 29.7 Å². The molecule has 1 heterocycles. The van der Waals surface area contributed by atoms with Gasteiger partial charge in [0, 0.05) is 29.6 Å². The Balaban J connectivity index is 2.13. The van der Waals surface area contributed by atoms with E-state index in [1.807, 2.05) is 26.0 Å². The van der Waals surface area contributed by atoms with Gasteiger partial charge in [-0.1, -0.05) is 58.9 Å². The van der Waals surface area contributed by atoms with Gasteiger partial charge in [-0.15, -0.1) is 0 Å². The Labute approximate surface area is 172 Å². The van der Waals surface area contributed by atoms with Crippen molar-refractivity contribution in [2.45, 2.75) is 44.9 Å². The molecule has 6 heteroatoms. The number of nitrogens with zero attached hydrogens (tertiary/aromatic N) is 1. The van der Waals surface area contributed by atoms with Crippen LogP contribution in [-0.2, 0) is 15.4 Å². The second-order valence-corrected chi connectivity index (χ2v) is 10.1. The summed E-state index contributed by atoms with van der Waals surface area (Å²) in [7, 11) is -3.59. The summed E-state index contributed by atoms with van der Waals surface area (Å²) in [6.45, 7) is 10.9. The minimum Gasteiger partial charge on any atom is -0.354 e. The first-order valence-electron chi connectivity index (χ1n) is 9.85. The molecule has 3 aromatic rings. The number of aldehydes is 1. The number of fused-ring (bicyclic) bond motifs is 1. The number of aromatic amines is 1. The SMILES string of the molecule is CCN(CC)S(=O)(=O)c1ccc2[nH]c(-c3ccc(C(C)(C)C)cc3)c(C=O)c2c1. The summed E-state index contributed by atoms with van der Waals surface area (Å²) < 4.78 is 27.2. The van der Waals surface area contributed by atoms with Crippen molar-refractivity contribution in [1.82, 2.24) is 9.29 Å². The van der Waals surface area contributed by atoms with E-state index in [9.17, 15) is 13.2 Å². The van der Waals surface area contributed by atoms with Gasteiger partial charge in [0.15, 0.2) is 6.29 Å². The number of carbonyl (C=O) groups is 1. The first-order chi connectivity index (χ1) is 13.6. The number of rotatable bonds is 6. The Morgan fingerprint density at radius 3 is 2.14 bits per heavy atom. The van der Waals surface area contributed by atoms with Crippen molar-refractivity contribution in [3.05, 3.63) is 53.6 Å². The van der Waals surface area contributed by atoms with Crippen LogP contribution in [0, 0.1) is 0 Å². The summed E-state index contributed by atoms with van der Waals surface area (Å²) in [6, 6.07) is 13.0. The molecule has 3 rings (SSSR count). The molecule has 0 atom stereocenters. The van der Waals surface area contributed by atoms with Crippen molar-refractivity contribution in [2.24, 2.45) is 0 Å². The number of hydrogen-bond donors (Lipinski definition) is 1. The molecule has 0 aliphatic rings. The Bertz CT molecular complexity index is 1130. The molecule has 0 saturated heterocycles. The van der Waals surface area contributed by atoms with Gasteiger partial charge in [0.1, 0.15) is 0 Å². The quantitative estimate of drug-likeness (QED) is 0.581. The van der Waals surface area contributed by atoms with Crippen molar-refractivity contribution in [3.63, 3.8) is 0 Å². The summed E-state index contributed by atoms with van der Waals surface area (Å²) in [5.74, 6) is 0. The first-order valence-corrected chi connectivity index (χ1v) is 11.3. The van der Waals surface area contributed by atoms with Gasteiger partial charge in [-0.2, -0.15) is 4.31 Å². The van der Waals surface area contributed by atoms with Gasteiger partial charge in [-0.3, -0.25) is 4.79 Å². The average Bonchev–Trinajstić information content (AvgIpc) is 3.06. The predicted octanol–water partition coefficient (Wildman–Crippen LogP) is 4.98. The fourth-order valence-corrected chi connectivity index (χ4v) is 5.04. The number of aromatic nitrogens is 1. The van der Waals surface area contributed by atoms with Gasteiger partial charge < -0.3 is 4.98 Å². The van der Waals surface area contributed by atoms with Crippen molar-refractivity contribution in [3.8, 4) is 11.3 Å². The van der Waals surface area contributed by atoms with Crippen LogP contribution in [0.3, 0.4) is 0 Å². The molecule has 5 nitrogen and oxygen atoms in total. The maximum Gasteiger partial charge on any atom is 0.243 e. The van der Waals surface area contributed by atoms with Crippen LogP contribution in [0.2, 0.25) is 0 Å². The Morgan fingerprint density at radius 2 is 1.62 bits per heavy atom. The molecule has 0 aliphatic heterocycles. The molecule has 0 unspecified atom stereocenters. The highest BCUT2D eigenvalue weighted by Gasteiger charge is 2.23. The van der Waals surface area contributed by atoms with E-state index < -0.39 is 10.0 Å². The van der Waals surface area contributed by atoms with Crippen LogP contribution >= 0.6 is 0 Å². The lowest BCUT2D eigenvalue weighted by Crippen LogP contribution is -2.30. The van der Waals surface area contributed by atoms with Crippen LogP contribution < -0.4 is 0 Å². The van der Waals surface area contributed by atoms with Crippen LogP contribution in [0.15, 0.2) is 47.4 Å². The highest BCUT2D eigenvalue weighted by molar-refractivity contribution is 7.89. The fourth-order valence-electron chi connectivity index (χ4n) is 3.55. The van der Waals surface area contributed by atoms with Crippen molar-refractivity contribution >= 4 is 27.2 Å². The number of nitrogens with one attached hydrogen (secondary N) is 1. The minimum atomic E-state index is -3.59. The van der Waals surface area contributed by atoms with E-state index >= 15 is 0 Å². The molecule has 29 heavy (non-hydrogen) atoms. The van der Waals surface area contributed by atoms with E-state index in [1.165, 1.54) is 9.87 Å². The Hall–Kier alpha value is -2.44. The lowest BCUT2D eigenvalue weighted by atomic mass is 9.86. The van der Waals surface area contributed by atoms with Crippen molar-refractivity contribution < 1.29 is 13.2 Å². The van der Waals surface area contributed by atoms with E-state index in [1.54, 1.807) is 18.2 Å². The van der Waals surface area contributed by atoms with Crippen LogP contribution in [-0.4, -0.2) is 37.1 Å². The third-order valence-electron chi connectivity index (χ3n) is 5.31. The molecular weight excluding hydrogens is 384 g/mol. The second kappa shape index (κ2) is 7.76. The van der Waals surface area contributed by atoms with Gasteiger partial charge in [0.25, 0.3) is 0 Å². The molecule has 1 aromatic heterocycles. The third kappa shape index (κ3) is 3.87. The standard InChI is InChI=1S/C23H28N2O3S/c1-6-25(7-2)29(27,28)18-12-13-21-19(14-18)20(15-26)22(24-21)16-8-10-17(11-9-16)23(3,4)5/h8-15,24H,6-7H2,1-5H3. The molecule has 0 amide bonds. The van der Waals surface area contributed by atoms with Crippen LogP contribution in [0.1, 0.15) is 50.5 Å². The smallest absolute Gasteiger partial charge is 0.243 e. The van der Waals surface area contributed by atoms with Crippen molar-refractivity contribution in [1.29, 1.82) is 0 Å². The van der Waals surface area contributed by atoms with E-state index in [0.717, 1.165) is 17.4 Å². The maximum atomic E-state index is 12.9. The number of H-pyrrole nitrogens is 1. The normalized spacial score (nSPS) is 12.6.